The van der Waals surface area contributed by atoms with Crippen molar-refractivity contribution in [3.05, 3.63) is 59.7 Å². The lowest BCUT2D eigenvalue weighted by Crippen LogP contribution is -2.35. The van der Waals surface area contributed by atoms with Crippen LogP contribution in [0.5, 0.6) is 0 Å². The zero-order valence-corrected chi connectivity index (χ0v) is 10.5. The molecule has 18 heavy (non-hydrogen) atoms. The molecule has 1 aliphatic rings. The fraction of sp³-hybridized carbons (Fsp3) is 0.214. The summed E-state index contributed by atoms with van der Waals surface area (Å²) in [4.78, 5) is 12.1. The van der Waals surface area contributed by atoms with Gasteiger partial charge < -0.3 is 4.74 Å². The van der Waals surface area contributed by atoms with E-state index in [1.165, 1.54) is 25.3 Å². The van der Waals surface area contributed by atoms with Crippen LogP contribution < -0.4 is 0 Å². The van der Waals surface area contributed by atoms with Crippen molar-refractivity contribution in [3.8, 4) is 0 Å². The molecular formula is C14H12ClFO2. The number of carbonyl (C=O) groups excluding carboxylic acids is 1. The smallest absolute Gasteiger partial charge is 0.195 e. The van der Waals surface area contributed by atoms with Crippen LogP contribution >= 0.6 is 11.6 Å². The maximum atomic E-state index is 13.8. The molecule has 0 aliphatic heterocycles. The van der Waals surface area contributed by atoms with Gasteiger partial charge in [0.05, 0.1) is 0 Å². The van der Waals surface area contributed by atoms with Gasteiger partial charge in [0.15, 0.2) is 17.0 Å². The van der Waals surface area contributed by atoms with E-state index >= 15 is 0 Å². The molecule has 94 valence electrons. The molecule has 2 rings (SSSR count). The number of alkyl halides is 2. The molecule has 1 aliphatic carbocycles. The molecule has 0 saturated heterocycles. The van der Waals surface area contributed by atoms with Gasteiger partial charge >= 0.3 is 0 Å². The summed E-state index contributed by atoms with van der Waals surface area (Å²) in [6.07, 6.45) is 2.47. The summed E-state index contributed by atoms with van der Waals surface area (Å²) < 4.78 is 18.7. The molecule has 2 unspecified atom stereocenters. The Hall–Kier alpha value is -1.45. The molecule has 0 heterocycles. The fourth-order valence-electron chi connectivity index (χ4n) is 1.71. The number of allylic oxidation sites excluding steroid dienone is 2. The van der Waals surface area contributed by atoms with Crippen LogP contribution in [0, 0.1) is 0 Å². The van der Waals surface area contributed by atoms with Gasteiger partial charge in [0.1, 0.15) is 0 Å². The van der Waals surface area contributed by atoms with Crippen LogP contribution in [0.15, 0.2) is 54.1 Å². The molecule has 0 saturated carbocycles. The Morgan fingerprint density at radius 2 is 2.06 bits per heavy atom. The van der Waals surface area contributed by atoms with Gasteiger partial charge in [0.25, 0.3) is 0 Å². The molecule has 0 fully saturated rings. The zero-order chi connectivity index (χ0) is 13.2. The first-order valence-electron chi connectivity index (χ1n) is 5.46. The minimum absolute atomic E-state index is 0.232. The summed E-state index contributed by atoms with van der Waals surface area (Å²) in [5.41, 5.74) is 0.794. The molecule has 0 amide bonds. The third kappa shape index (κ3) is 2.37. The first kappa shape index (κ1) is 13.0. The Morgan fingerprint density at radius 3 is 2.61 bits per heavy atom. The predicted molar refractivity (Wildman–Crippen MR) is 68.5 cm³/mol. The molecule has 0 bridgehead atoms. The first-order chi connectivity index (χ1) is 8.57. The topological polar surface area (TPSA) is 26.3 Å². The highest BCUT2D eigenvalue weighted by Gasteiger charge is 2.36. The van der Waals surface area contributed by atoms with E-state index in [9.17, 15) is 9.18 Å². The van der Waals surface area contributed by atoms with Gasteiger partial charge in [-0.05, 0) is 12.2 Å². The second-order valence-electron chi connectivity index (χ2n) is 3.95. The molecule has 0 radical (unpaired) electrons. The lowest BCUT2D eigenvalue weighted by molar-refractivity contribution is 0.0499. The van der Waals surface area contributed by atoms with E-state index in [0.29, 0.717) is 5.56 Å². The maximum absolute atomic E-state index is 13.8. The van der Waals surface area contributed by atoms with E-state index in [1.807, 2.05) is 6.07 Å². The summed E-state index contributed by atoms with van der Waals surface area (Å²) in [6.45, 7) is 0. The molecule has 0 spiro atoms. The largest absolute Gasteiger partial charge is 0.356 e. The van der Waals surface area contributed by atoms with Crippen molar-refractivity contribution in [2.45, 2.75) is 11.2 Å². The summed E-state index contributed by atoms with van der Waals surface area (Å²) >= 11 is 5.89. The summed E-state index contributed by atoms with van der Waals surface area (Å²) in [5.74, 6) is -0.232. The normalized spacial score (nSPS) is 26.8. The Morgan fingerprint density at radius 1 is 1.39 bits per heavy atom. The summed E-state index contributed by atoms with van der Waals surface area (Å²) in [7, 11) is 1.32. The molecule has 0 aromatic heterocycles. The Balaban J connectivity index is 2.25. The molecule has 2 atom stereocenters. The van der Waals surface area contributed by atoms with Crippen LogP contribution in [0.25, 0.3) is 0 Å². The van der Waals surface area contributed by atoms with E-state index in [1.54, 1.807) is 24.3 Å². The van der Waals surface area contributed by atoms with Crippen LogP contribution in [0.2, 0.25) is 0 Å². The quantitative estimate of drug-likeness (QED) is 0.620. The third-order valence-electron chi connectivity index (χ3n) is 2.80. The number of hydrogen-bond donors (Lipinski definition) is 0. The van der Waals surface area contributed by atoms with Gasteiger partial charge in [-0.1, -0.05) is 48.0 Å². The SMILES string of the molecule is COC1(Cl)C=CC(C(=O)c2ccccc2)=CC1F. The van der Waals surface area contributed by atoms with Crippen molar-refractivity contribution in [1.82, 2.24) is 0 Å². The number of ketones is 1. The lowest BCUT2D eigenvalue weighted by Gasteiger charge is -2.27. The second kappa shape index (κ2) is 5.04. The van der Waals surface area contributed by atoms with E-state index in [-0.39, 0.29) is 11.4 Å². The Bertz CT molecular complexity index is 510. The van der Waals surface area contributed by atoms with E-state index in [0.717, 1.165) is 0 Å². The summed E-state index contributed by atoms with van der Waals surface area (Å²) in [6, 6.07) is 8.70. The highest BCUT2D eigenvalue weighted by molar-refractivity contribution is 6.25. The van der Waals surface area contributed by atoms with Gasteiger partial charge in [-0.25, -0.2) is 4.39 Å². The van der Waals surface area contributed by atoms with Crippen molar-refractivity contribution in [2.75, 3.05) is 7.11 Å². The predicted octanol–water partition coefficient (Wildman–Crippen LogP) is 3.29. The maximum Gasteiger partial charge on any atom is 0.195 e. The lowest BCUT2D eigenvalue weighted by atomic mass is 9.96. The van der Waals surface area contributed by atoms with Crippen molar-refractivity contribution >= 4 is 17.4 Å². The molecule has 2 nitrogen and oxygen atoms in total. The molecule has 1 aromatic rings. The highest BCUT2D eigenvalue weighted by Crippen LogP contribution is 2.32. The Labute approximate surface area is 110 Å². The third-order valence-corrected chi connectivity index (χ3v) is 3.29. The molecular weight excluding hydrogens is 255 g/mol. The minimum Gasteiger partial charge on any atom is -0.356 e. The average Bonchev–Trinajstić information content (AvgIpc) is 2.42. The second-order valence-corrected chi connectivity index (χ2v) is 4.54. The molecule has 1 aromatic carbocycles. The van der Waals surface area contributed by atoms with Crippen LogP contribution in [-0.4, -0.2) is 24.1 Å². The van der Waals surface area contributed by atoms with E-state index < -0.39 is 11.2 Å². The number of benzene rings is 1. The van der Waals surface area contributed by atoms with Crippen molar-refractivity contribution in [1.29, 1.82) is 0 Å². The number of Topliss-reactive ketones (excluding diaryl/α,β-unsaturated/α-hetero) is 1. The van der Waals surface area contributed by atoms with Crippen molar-refractivity contribution in [3.63, 3.8) is 0 Å². The first-order valence-corrected chi connectivity index (χ1v) is 5.83. The Kier molecular flexibility index (Phi) is 3.64. The van der Waals surface area contributed by atoms with Gasteiger partial charge in [-0.2, -0.15) is 0 Å². The van der Waals surface area contributed by atoms with E-state index in [2.05, 4.69) is 0 Å². The van der Waals surface area contributed by atoms with Crippen LogP contribution in [-0.2, 0) is 4.74 Å². The van der Waals surface area contributed by atoms with Gasteiger partial charge in [0.2, 0.25) is 0 Å². The summed E-state index contributed by atoms with van der Waals surface area (Å²) in [5, 5.41) is -1.51. The number of carbonyl (C=O) groups is 1. The molecule has 4 heteroatoms. The number of ether oxygens (including phenoxy) is 1. The van der Waals surface area contributed by atoms with E-state index in [4.69, 9.17) is 16.3 Å². The number of halogens is 2. The standard InChI is InChI=1S/C14H12ClFO2/c1-18-14(15)8-7-11(9-12(14)16)13(17)10-5-3-2-4-6-10/h2-9,12H,1H3. The number of rotatable bonds is 3. The number of hydrogen-bond acceptors (Lipinski definition) is 2. The van der Waals surface area contributed by atoms with Crippen LogP contribution in [0.1, 0.15) is 10.4 Å². The van der Waals surface area contributed by atoms with Gasteiger partial charge in [0, 0.05) is 18.2 Å². The van der Waals surface area contributed by atoms with Gasteiger partial charge in [-0.15, -0.1) is 0 Å². The minimum atomic E-state index is -1.56. The average molecular weight is 267 g/mol. The highest BCUT2D eigenvalue weighted by atomic mass is 35.5. The fourth-order valence-corrected chi connectivity index (χ4v) is 1.84. The monoisotopic (exact) mass is 266 g/mol. The molecule has 0 N–H and O–H groups in total. The van der Waals surface area contributed by atoms with Gasteiger partial charge in [-0.3, -0.25) is 4.79 Å². The zero-order valence-electron chi connectivity index (χ0n) is 9.77. The van der Waals surface area contributed by atoms with Crippen LogP contribution in [0.3, 0.4) is 0 Å². The van der Waals surface area contributed by atoms with Crippen molar-refractivity contribution < 1.29 is 13.9 Å². The van der Waals surface area contributed by atoms with Crippen LogP contribution in [0.4, 0.5) is 4.39 Å². The van der Waals surface area contributed by atoms with Crippen molar-refractivity contribution in [2.24, 2.45) is 0 Å². The number of methoxy groups -OCH3 is 1.